The van der Waals surface area contributed by atoms with E-state index in [-0.39, 0.29) is 18.2 Å². The number of piperazine rings is 1. The number of para-hydroxylation sites is 1. The van der Waals surface area contributed by atoms with E-state index in [9.17, 15) is 9.59 Å². The first-order valence-corrected chi connectivity index (χ1v) is 8.24. The molecule has 5 nitrogen and oxygen atoms in total. The average Bonchev–Trinajstić information content (AvgIpc) is 2.49. The van der Waals surface area contributed by atoms with E-state index in [1.54, 1.807) is 4.90 Å². The van der Waals surface area contributed by atoms with Gasteiger partial charge in [0.15, 0.2) is 0 Å². The summed E-state index contributed by atoms with van der Waals surface area (Å²) in [5.74, 6) is -0.000979. The van der Waals surface area contributed by atoms with Crippen molar-refractivity contribution >= 4 is 17.5 Å². The molecule has 2 rings (SSSR count). The molecule has 1 aliphatic heterocycles. The van der Waals surface area contributed by atoms with Gasteiger partial charge >= 0.3 is 0 Å². The fraction of sp³-hybridized carbons (Fsp3) is 0.556. The molecule has 1 aliphatic rings. The zero-order valence-corrected chi connectivity index (χ0v) is 14.6. The van der Waals surface area contributed by atoms with Gasteiger partial charge in [0.1, 0.15) is 6.42 Å². The van der Waals surface area contributed by atoms with Crippen molar-refractivity contribution < 1.29 is 9.59 Å². The van der Waals surface area contributed by atoms with Crippen LogP contribution >= 0.6 is 0 Å². The minimum Gasteiger partial charge on any atom is -0.340 e. The van der Waals surface area contributed by atoms with E-state index in [1.165, 1.54) is 0 Å². The van der Waals surface area contributed by atoms with Crippen molar-refractivity contribution in [3.63, 3.8) is 0 Å². The highest BCUT2D eigenvalue weighted by molar-refractivity contribution is 6.04. The van der Waals surface area contributed by atoms with Gasteiger partial charge in [0, 0.05) is 31.9 Å². The Morgan fingerprint density at radius 2 is 1.83 bits per heavy atom. The molecule has 0 radical (unpaired) electrons. The van der Waals surface area contributed by atoms with E-state index >= 15 is 0 Å². The zero-order chi connectivity index (χ0) is 17.0. The third kappa shape index (κ3) is 4.55. The summed E-state index contributed by atoms with van der Waals surface area (Å²) >= 11 is 0. The second-order valence-electron chi connectivity index (χ2n) is 6.60. The largest absolute Gasteiger partial charge is 0.340 e. The molecule has 2 amide bonds. The summed E-state index contributed by atoms with van der Waals surface area (Å²) in [6.07, 6.45) is -0.0877. The van der Waals surface area contributed by atoms with Crippen LogP contribution in [-0.4, -0.2) is 54.8 Å². The molecule has 0 aromatic heterocycles. The van der Waals surface area contributed by atoms with Gasteiger partial charge in [-0.3, -0.25) is 9.59 Å². The molecule has 5 heteroatoms. The van der Waals surface area contributed by atoms with Crippen molar-refractivity contribution in [2.45, 2.75) is 33.1 Å². The number of likely N-dealkylation sites (N-methyl/N-ethyl adjacent to an activating group) is 1. The van der Waals surface area contributed by atoms with Crippen LogP contribution in [0.3, 0.4) is 0 Å². The summed E-state index contributed by atoms with van der Waals surface area (Å²) in [5.41, 5.74) is 2.97. The number of carbonyl (C=O) groups excluding carboxylic acids is 2. The van der Waals surface area contributed by atoms with Crippen LogP contribution in [0.25, 0.3) is 0 Å². The standard InChI is InChI=1S/C18H27N3O2/c1-13(2)15-7-5-6-14(3)18(15)19-16(22)12-17(23)21-10-8-20(4)9-11-21/h5-7,13H,8-12H2,1-4H3,(H,19,22). The second-order valence-corrected chi connectivity index (χ2v) is 6.60. The van der Waals surface area contributed by atoms with Crippen molar-refractivity contribution in [2.24, 2.45) is 0 Å². The lowest BCUT2D eigenvalue weighted by molar-refractivity contribution is -0.135. The molecule has 126 valence electrons. The molecule has 0 aliphatic carbocycles. The van der Waals surface area contributed by atoms with Crippen LogP contribution in [0.15, 0.2) is 18.2 Å². The first-order chi connectivity index (χ1) is 10.9. The number of amides is 2. The number of benzene rings is 1. The van der Waals surface area contributed by atoms with Crippen molar-refractivity contribution in [1.29, 1.82) is 0 Å². The summed E-state index contributed by atoms with van der Waals surface area (Å²) in [4.78, 5) is 28.5. The SMILES string of the molecule is Cc1cccc(C(C)C)c1NC(=O)CC(=O)N1CCN(C)CC1. The van der Waals surface area contributed by atoms with E-state index in [0.717, 1.165) is 29.9 Å². The van der Waals surface area contributed by atoms with E-state index in [1.807, 2.05) is 32.2 Å². The van der Waals surface area contributed by atoms with Gasteiger partial charge in [0.05, 0.1) is 0 Å². The minimum atomic E-state index is -0.231. The summed E-state index contributed by atoms with van der Waals surface area (Å²) in [6, 6.07) is 6.00. The predicted octanol–water partition coefficient (Wildman–Crippen LogP) is 2.22. The first kappa shape index (κ1) is 17.5. The third-order valence-corrected chi connectivity index (χ3v) is 4.36. The maximum Gasteiger partial charge on any atom is 0.233 e. The second kappa shape index (κ2) is 7.59. The van der Waals surface area contributed by atoms with Crippen LogP contribution in [0, 0.1) is 6.92 Å². The van der Waals surface area contributed by atoms with Crippen LogP contribution in [0.4, 0.5) is 5.69 Å². The smallest absolute Gasteiger partial charge is 0.233 e. The monoisotopic (exact) mass is 317 g/mol. The quantitative estimate of drug-likeness (QED) is 0.866. The average molecular weight is 317 g/mol. The molecular formula is C18H27N3O2. The summed E-state index contributed by atoms with van der Waals surface area (Å²) in [7, 11) is 2.04. The highest BCUT2D eigenvalue weighted by atomic mass is 16.2. The molecule has 0 bridgehead atoms. The fourth-order valence-electron chi connectivity index (χ4n) is 2.83. The van der Waals surface area contributed by atoms with Gasteiger partial charge in [-0.25, -0.2) is 0 Å². The lowest BCUT2D eigenvalue weighted by Crippen LogP contribution is -2.47. The van der Waals surface area contributed by atoms with Gasteiger partial charge < -0.3 is 15.1 Å². The molecule has 1 aromatic rings. The lowest BCUT2D eigenvalue weighted by atomic mass is 9.98. The number of nitrogens with one attached hydrogen (secondary N) is 1. The van der Waals surface area contributed by atoms with Gasteiger partial charge in [0.2, 0.25) is 11.8 Å². The van der Waals surface area contributed by atoms with Crippen molar-refractivity contribution in [3.05, 3.63) is 29.3 Å². The highest BCUT2D eigenvalue weighted by Crippen LogP contribution is 2.27. The molecule has 0 unspecified atom stereocenters. The maximum atomic E-state index is 12.3. The van der Waals surface area contributed by atoms with E-state index in [4.69, 9.17) is 0 Å². The van der Waals surface area contributed by atoms with E-state index < -0.39 is 0 Å². The number of carbonyl (C=O) groups is 2. The molecular weight excluding hydrogens is 290 g/mol. The molecule has 1 saturated heterocycles. The molecule has 1 N–H and O–H groups in total. The molecule has 1 fully saturated rings. The van der Waals surface area contributed by atoms with Crippen molar-refractivity contribution in [2.75, 3.05) is 38.5 Å². The molecule has 1 heterocycles. The number of rotatable bonds is 4. The molecule has 0 atom stereocenters. The Morgan fingerprint density at radius 1 is 1.17 bits per heavy atom. The van der Waals surface area contributed by atoms with Gasteiger partial charge in [-0.2, -0.15) is 0 Å². The number of hydrogen-bond acceptors (Lipinski definition) is 3. The topological polar surface area (TPSA) is 52.7 Å². The molecule has 0 saturated carbocycles. The van der Waals surface area contributed by atoms with Crippen LogP contribution in [-0.2, 0) is 9.59 Å². The number of hydrogen-bond donors (Lipinski definition) is 1. The van der Waals surface area contributed by atoms with Crippen LogP contribution < -0.4 is 5.32 Å². The lowest BCUT2D eigenvalue weighted by Gasteiger charge is -2.32. The number of aryl methyl sites for hydroxylation is 1. The van der Waals surface area contributed by atoms with Gasteiger partial charge in [-0.15, -0.1) is 0 Å². The Balaban J connectivity index is 1.99. The highest BCUT2D eigenvalue weighted by Gasteiger charge is 2.22. The van der Waals surface area contributed by atoms with Gasteiger partial charge in [0.25, 0.3) is 0 Å². The van der Waals surface area contributed by atoms with Crippen LogP contribution in [0.2, 0.25) is 0 Å². The zero-order valence-electron chi connectivity index (χ0n) is 14.6. The summed E-state index contributed by atoms with van der Waals surface area (Å²) in [5, 5.41) is 2.94. The van der Waals surface area contributed by atoms with Crippen molar-refractivity contribution in [1.82, 2.24) is 9.80 Å². The summed E-state index contributed by atoms with van der Waals surface area (Å²) in [6.45, 7) is 9.29. The Morgan fingerprint density at radius 3 is 2.43 bits per heavy atom. The molecule has 0 spiro atoms. The Hall–Kier alpha value is -1.88. The van der Waals surface area contributed by atoms with Crippen molar-refractivity contribution in [3.8, 4) is 0 Å². The normalized spacial score (nSPS) is 15.8. The Bertz CT molecular complexity index is 576. The minimum absolute atomic E-state index is 0.0877. The van der Waals surface area contributed by atoms with Gasteiger partial charge in [-0.05, 0) is 31.0 Å². The van der Waals surface area contributed by atoms with Gasteiger partial charge in [-0.1, -0.05) is 32.0 Å². The Kier molecular flexibility index (Phi) is 5.77. The van der Waals surface area contributed by atoms with Crippen LogP contribution in [0.5, 0.6) is 0 Å². The Labute approximate surface area is 138 Å². The third-order valence-electron chi connectivity index (χ3n) is 4.36. The molecule has 23 heavy (non-hydrogen) atoms. The summed E-state index contributed by atoms with van der Waals surface area (Å²) < 4.78 is 0. The van der Waals surface area contributed by atoms with E-state index in [0.29, 0.717) is 19.0 Å². The van der Waals surface area contributed by atoms with Crippen LogP contribution in [0.1, 0.15) is 37.3 Å². The predicted molar refractivity (Wildman–Crippen MR) is 92.6 cm³/mol. The fourth-order valence-corrected chi connectivity index (χ4v) is 2.83. The molecule has 1 aromatic carbocycles. The number of nitrogens with zero attached hydrogens (tertiary/aromatic N) is 2. The first-order valence-electron chi connectivity index (χ1n) is 8.24. The van der Waals surface area contributed by atoms with E-state index in [2.05, 4.69) is 24.1 Å². The number of anilines is 1. The maximum absolute atomic E-state index is 12.3.